The maximum atomic E-state index is 11.5. The highest BCUT2D eigenvalue weighted by molar-refractivity contribution is 5.05. The van der Waals surface area contributed by atoms with Crippen LogP contribution in [0, 0.1) is 0 Å². The first kappa shape index (κ1) is 13.7. The summed E-state index contributed by atoms with van der Waals surface area (Å²) in [5, 5.41) is 4.04. The zero-order valence-electron chi connectivity index (χ0n) is 10.3. The van der Waals surface area contributed by atoms with Gasteiger partial charge in [0.15, 0.2) is 0 Å². The first-order valence-electron chi connectivity index (χ1n) is 5.65. The molecule has 2 N–H and O–H groups in total. The van der Waals surface area contributed by atoms with E-state index in [2.05, 4.69) is 5.10 Å². The number of ether oxygens (including phenoxy) is 2. The Morgan fingerprint density at radius 2 is 2.29 bits per heavy atom. The Balaban J connectivity index is 2.64. The Kier molecular flexibility index (Phi) is 5.65. The molecule has 1 aromatic heterocycles. The molecule has 96 valence electrons. The van der Waals surface area contributed by atoms with Gasteiger partial charge in [-0.2, -0.15) is 0 Å². The number of rotatable bonds is 7. The molecule has 0 saturated heterocycles. The van der Waals surface area contributed by atoms with Crippen LogP contribution in [0.1, 0.15) is 13.3 Å². The van der Waals surface area contributed by atoms with E-state index in [0.717, 1.165) is 0 Å². The number of nitrogens with zero attached hydrogens (tertiary/aromatic N) is 2. The monoisotopic (exact) mass is 241 g/mol. The fourth-order valence-corrected chi connectivity index (χ4v) is 1.47. The number of aryl methyl sites for hydroxylation is 1. The summed E-state index contributed by atoms with van der Waals surface area (Å²) in [4.78, 5) is 11.5. The highest BCUT2D eigenvalue weighted by Gasteiger charge is 2.08. The van der Waals surface area contributed by atoms with Crippen LogP contribution in [0.5, 0.6) is 5.88 Å². The molecule has 17 heavy (non-hydrogen) atoms. The average Bonchev–Trinajstić information content (AvgIpc) is 2.36. The molecule has 0 aromatic carbocycles. The lowest BCUT2D eigenvalue weighted by atomic mass is 10.2. The van der Waals surface area contributed by atoms with Crippen molar-refractivity contribution in [2.24, 2.45) is 5.73 Å². The van der Waals surface area contributed by atoms with Gasteiger partial charge in [0.2, 0.25) is 5.88 Å². The van der Waals surface area contributed by atoms with Gasteiger partial charge in [-0.3, -0.25) is 4.79 Å². The molecule has 0 bridgehead atoms. The lowest BCUT2D eigenvalue weighted by molar-refractivity contribution is 0.0587. The first-order chi connectivity index (χ1) is 8.21. The van der Waals surface area contributed by atoms with Crippen molar-refractivity contribution in [1.29, 1.82) is 0 Å². The first-order valence-corrected chi connectivity index (χ1v) is 5.65. The summed E-state index contributed by atoms with van der Waals surface area (Å²) in [6.07, 6.45) is 0.615. The fraction of sp³-hybridized carbons (Fsp3) is 0.636. The summed E-state index contributed by atoms with van der Waals surface area (Å²) in [6, 6.07) is 2.98. The van der Waals surface area contributed by atoms with Crippen molar-refractivity contribution < 1.29 is 9.47 Å². The summed E-state index contributed by atoms with van der Waals surface area (Å²) < 4.78 is 11.7. The summed E-state index contributed by atoms with van der Waals surface area (Å²) in [6.45, 7) is 3.44. The minimum atomic E-state index is -0.155. The summed E-state index contributed by atoms with van der Waals surface area (Å²) in [5.74, 6) is 0.422. The molecule has 1 aromatic rings. The maximum absolute atomic E-state index is 11.5. The molecule has 6 heteroatoms. The van der Waals surface area contributed by atoms with E-state index in [0.29, 0.717) is 32.0 Å². The van der Waals surface area contributed by atoms with E-state index in [4.69, 9.17) is 15.2 Å². The van der Waals surface area contributed by atoms with E-state index in [9.17, 15) is 4.79 Å². The van der Waals surface area contributed by atoms with Gasteiger partial charge >= 0.3 is 0 Å². The van der Waals surface area contributed by atoms with E-state index >= 15 is 0 Å². The van der Waals surface area contributed by atoms with E-state index < -0.39 is 0 Å². The Hall–Kier alpha value is -1.40. The zero-order valence-corrected chi connectivity index (χ0v) is 10.3. The third kappa shape index (κ3) is 4.16. The van der Waals surface area contributed by atoms with E-state index in [1.165, 1.54) is 17.9 Å². The second-order valence-electron chi connectivity index (χ2n) is 3.54. The molecule has 1 unspecified atom stereocenters. The van der Waals surface area contributed by atoms with Crippen molar-refractivity contribution in [2.75, 3.05) is 20.3 Å². The van der Waals surface area contributed by atoms with Crippen molar-refractivity contribution in [3.63, 3.8) is 0 Å². The number of nitrogens with two attached hydrogens (primary N) is 1. The van der Waals surface area contributed by atoms with E-state index in [-0.39, 0.29) is 11.7 Å². The summed E-state index contributed by atoms with van der Waals surface area (Å²) in [7, 11) is 1.51. The van der Waals surface area contributed by atoms with Crippen LogP contribution in [0.3, 0.4) is 0 Å². The number of methoxy groups -OCH3 is 1. The predicted molar refractivity (Wildman–Crippen MR) is 64.1 cm³/mol. The Bertz CT molecular complexity index is 392. The predicted octanol–water partition coefficient (Wildman–Crippen LogP) is 0.00580. The van der Waals surface area contributed by atoms with E-state index in [1.54, 1.807) is 6.07 Å². The molecule has 1 rings (SSSR count). The van der Waals surface area contributed by atoms with Crippen LogP contribution in [0.2, 0.25) is 0 Å². The average molecular weight is 241 g/mol. The lowest BCUT2D eigenvalue weighted by Crippen LogP contribution is -2.29. The third-order valence-electron chi connectivity index (χ3n) is 2.38. The van der Waals surface area contributed by atoms with Gasteiger partial charge < -0.3 is 15.2 Å². The van der Waals surface area contributed by atoms with Crippen molar-refractivity contribution in [2.45, 2.75) is 26.0 Å². The van der Waals surface area contributed by atoms with Gasteiger partial charge in [-0.25, -0.2) is 4.68 Å². The molecule has 1 heterocycles. The van der Waals surface area contributed by atoms with Gasteiger partial charge in [-0.15, -0.1) is 5.10 Å². The molecular weight excluding hydrogens is 222 g/mol. The lowest BCUT2D eigenvalue weighted by Gasteiger charge is -2.14. The molecule has 1 atom stereocenters. The molecule has 6 nitrogen and oxygen atoms in total. The molecule has 0 radical (unpaired) electrons. The zero-order chi connectivity index (χ0) is 12.7. The topological polar surface area (TPSA) is 79.4 Å². The number of hydrogen-bond acceptors (Lipinski definition) is 5. The van der Waals surface area contributed by atoms with Gasteiger partial charge in [-0.1, -0.05) is 0 Å². The van der Waals surface area contributed by atoms with Gasteiger partial charge in [-0.05, 0) is 13.3 Å². The molecular formula is C11H19N3O3. The van der Waals surface area contributed by atoms with Crippen LogP contribution < -0.4 is 16.0 Å². The van der Waals surface area contributed by atoms with Gasteiger partial charge in [0.1, 0.15) is 0 Å². The Morgan fingerprint density at radius 3 is 2.88 bits per heavy atom. The van der Waals surface area contributed by atoms with Crippen LogP contribution in [0.25, 0.3) is 0 Å². The number of aromatic nitrogens is 2. The van der Waals surface area contributed by atoms with Crippen LogP contribution in [0.4, 0.5) is 0 Å². The van der Waals surface area contributed by atoms with Gasteiger partial charge in [0, 0.05) is 31.8 Å². The highest BCUT2D eigenvalue weighted by Crippen LogP contribution is 2.02. The third-order valence-corrected chi connectivity index (χ3v) is 2.38. The molecule has 0 aliphatic carbocycles. The molecule has 0 fully saturated rings. The van der Waals surface area contributed by atoms with Crippen molar-refractivity contribution in [3.05, 3.63) is 22.5 Å². The Labute approximate surface area is 100 Å². The molecule has 0 aliphatic heterocycles. The van der Waals surface area contributed by atoms with E-state index in [1.807, 2.05) is 6.92 Å². The molecule has 0 saturated carbocycles. The molecule has 0 spiro atoms. The minimum Gasteiger partial charge on any atom is -0.480 e. The largest absolute Gasteiger partial charge is 0.480 e. The normalized spacial score (nSPS) is 12.4. The standard InChI is InChI=1S/C11H19N3O3/c1-3-17-9(8-12)6-7-14-11(15)5-4-10(13-14)16-2/h4-5,9H,3,6-8,12H2,1-2H3. The van der Waals surface area contributed by atoms with Crippen LogP contribution in [0.15, 0.2) is 16.9 Å². The van der Waals surface area contributed by atoms with Crippen LogP contribution in [-0.2, 0) is 11.3 Å². The van der Waals surface area contributed by atoms with Gasteiger partial charge in [0.25, 0.3) is 5.56 Å². The van der Waals surface area contributed by atoms with Gasteiger partial charge in [0.05, 0.1) is 13.2 Å². The maximum Gasteiger partial charge on any atom is 0.266 e. The van der Waals surface area contributed by atoms with Crippen molar-refractivity contribution in [3.8, 4) is 5.88 Å². The van der Waals surface area contributed by atoms with Crippen molar-refractivity contribution in [1.82, 2.24) is 9.78 Å². The minimum absolute atomic E-state index is 0.0418. The summed E-state index contributed by atoms with van der Waals surface area (Å²) in [5.41, 5.74) is 5.41. The fourth-order valence-electron chi connectivity index (χ4n) is 1.47. The quantitative estimate of drug-likeness (QED) is 0.727. The second-order valence-corrected chi connectivity index (χ2v) is 3.54. The smallest absolute Gasteiger partial charge is 0.266 e. The SMILES string of the molecule is CCOC(CN)CCn1nc(OC)ccc1=O. The van der Waals surface area contributed by atoms with Crippen LogP contribution >= 0.6 is 0 Å². The second kappa shape index (κ2) is 7.03. The Morgan fingerprint density at radius 1 is 1.53 bits per heavy atom. The highest BCUT2D eigenvalue weighted by atomic mass is 16.5. The van der Waals surface area contributed by atoms with Crippen molar-refractivity contribution >= 4 is 0 Å². The number of hydrogen-bond donors (Lipinski definition) is 1. The molecule has 0 amide bonds. The van der Waals surface area contributed by atoms with Crippen LogP contribution in [-0.4, -0.2) is 36.1 Å². The molecule has 0 aliphatic rings. The summed E-state index contributed by atoms with van der Waals surface area (Å²) >= 11 is 0.